The Labute approximate surface area is 209 Å². The number of hydrogen-bond acceptors (Lipinski definition) is 9. The highest BCUT2D eigenvalue weighted by molar-refractivity contribution is 5.76. The van der Waals surface area contributed by atoms with Gasteiger partial charge in [-0.3, -0.25) is 14.3 Å². The number of carbonyl (C=O) groups excluding carboxylic acids is 2. The van der Waals surface area contributed by atoms with Crippen LogP contribution in [0.4, 0.5) is 11.6 Å². The van der Waals surface area contributed by atoms with Crippen molar-refractivity contribution in [3.8, 4) is 11.8 Å². The summed E-state index contributed by atoms with van der Waals surface area (Å²) < 4.78 is 19.3. The summed E-state index contributed by atoms with van der Waals surface area (Å²) >= 11 is 0. The molecule has 36 heavy (non-hydrogen) atoms. The highest BCUT2D eigenvalue weighted by Crippen LogP contribution is 2.14. The maximum absolute atomic E-state index is 12.1. The lowest BCUT2D eigenvalue weighted by molar-refractivity contribution is -0.131. The minimum absolute atomic E-state index is 0.0849. The molecule has 3 aromatic rings. The maximum Gasteiger partial charge on any atom is 0.316 e. The predicted molar refractivity (Wildman–Crippen MR) is 131 cm³/mol. The lowest BCUT2D eigenvalue weighted by atomic mass is 10.2. The zero-order valence-electron chi connectivity index (χ0n) is 20.7. The lowest BCUT2D eigenvalue weighted by Gasteiger charge is -2.17. The second-order valence-electron chi connectivity index (χ2n) is 8.15. The third kappa shape index (κ3) is 8.27. The molecule has 0 radical (unpaired) electrons. The van der Waals surface area contributed by atoms with Gasteiger partial charge < -0.3 is 30.2 Å². The average molecular weight is 501 g/mol. The van der Waals surface area contributed by atoms with Crippen LogP contribution < -0.4 is 20.5 Å². The maximum atomic E-state index is 12.1. The van der Waals surface area contributed by atoms with Crippen LogP contribution in [0.3, 0.4) is 0 Å². The summed E-state index contributed by atoms with van der Waals surface area (Å²) in [7, 11) is 3.46. The number of likely N-dealkylation sites (N-methyl/N-ethyl adjacent to an activating group) is 1. The van der Waals surface area contributed by atoms with Gasteiger partial charge in [0, 0.05) is 26.7 Å². The van der Waals surface area contributed by atoms with Crippen molar-refractivity contribution < 1.29 is 23.8 Å². The van der Waals surface area contributed by atoms with Crippen molar-refractivity contribution in [2.45, 2.75) is 26.0 Å². The summed E-state index contributed by atoms with van der Waals surface area (Å²) in [5, 5.41) is 10.4. The molecule has 1 aromatic carbocycles. The number of nitrogens with one attached hydrogen (secondary N) is 1. The molecule has 3 heterocycles. The van der Waals surface area contributed by atoms with Crippen LogP contribution in [0.5, 0.6) is 11.8 Å². The van der Waals surface area contributed by atoms with E-state index in [2.05, 4.69) is 20.5 Å². The second kappa shape index (κ2) is 13.1. The Morgan fingerprint density at radius 3 is 2.78 bits per heavy atom. The largest absolute Gasteiger partial charge is 0.492 e. The van der Waals surface area contributed by atoms with Crippen molar-refractivity contribution in [2.24, 2.45) is 7.05 Å². The molecule has 0 aliphatic carbocycles. The number of ether oxygens (including phenoxy) is 3. The van der Waals surface area contributed by atoms with E-state index in [-0.39, 0.29) is 24.5 Å². The smallest absolute Gasteiger partial charge is 0.316 e. The van der Waals surface area contributed by atoms with Crippen molar-refractivity contribution in [3.63, 3.8) is 0 Å². The second-order valence-corrected chi connectivity index (χ2v) is 8.15. The highest BCUT2D eigenvalue weighted by atomic mass is 16.6. The summed E-state index contributed by atoms with van der Waals surface area (Å²) in [4.78, 5) is 27.9. The number of nitrogens with two attached hydrogens (primary N) is 1. The molecule has 4 rings (SSSR count). The van der Waals surface area contributed by atoms with Crippen LogP contribution in [-0.4, -0.2) is 81.3 Å². The number of anilines is 2. The van der Waals surface area contributed by atoms with Crippen molar-refractivity contribution in [1.82, 2.24) is 29.4 Å². The molecule has 13 nitrogen and oxygen atoms in total. The molecule has 13 heteroatoms. The molecule has 1 fully saturated rings. The number of hydrogen-bond donors (Lipinski definition) is 2. The Bertz CT molecular complexity index is 1110. The van der Waals surface area contributed by atoms with Crippen LogP contribution >= 0.6 is 0 Å². The lowest BCUT2D eigenvalue weighted by Crippen LogP contribution is -2.33. The molecular formula is C23H32N8O5. The number of amides is 2. The van der Waals surface area contributed by atoms with Gasteiger partial charge in [0.15, 0.2) is 0 Å². The molecule has 1 atom stereocenters. The van der Waals surface area contributed by atoms with Gasteiger partial charge in [0.25, 0.3) is 0 Å². The molecule has 2 amide bonds. The number of nitrogen functional groups attached to an aromatic ring is 1. The summed E-state index contributed by atoms with van der Waals surface area (Å²) in [6.07, 6.45) is 4.64. The number of nitrogens with zero attached hydrogens (tertiary/aromatic N) is 6. The molecular weight excluding hydrogens is 468 g/mol. The van der Waals surface area contributed by atoms with E-state index in [9.17, 15) is 9.59 Å². The fourth-order valence-corrected chi connectivity index (χ4v) is 3.16. The van der Waals surface area contributed by atoms with E-state index < -0.39 is 0 Å². The van der Waals surface area contributed by atoms with Gasteiger partial charge in [0.2, 0.25) is 18.3 Å². The van der Waals surface area contributed by atoms with Crippen molar-refractivity contribution in [2.75, 3.05) is 44.5 Å². The SMILES string of the molecule is Cc1ccc(OCCN(C)C(=O)Cn2cc(NC=O)cn2)cc1.Cn1nc(N)nc1O[C@@H]1CCOC1. The Hall–Kier alpha value is -4.13. The normalized spacial score (nSPS) is 14.5. The Kier molecular flexibility index (Phi) is 9.63. The van der Waals surface area contributed by atoms with Crippen LogP contribution in [0, 0.1) is 6.92 Å². The number of aryl methyl sites for hydroxylation is 2. The average Bonchev–Trinajstić information content (AvgIpc) is 3.59. The van der Waals surface area contributed by atoms with Crippen molar-refractivity contribution in [1.29, 1.82) is 0 Å². The van der Waals surface area contributed by atoms with Gasteiger partial charge >= 0.3 is 6.01 Å². The first-order valence-electron chi connectivity index (χ1n) is 11.4. The molecule has 1 aliphatic heterocycles. The number of carbonyl (C=O) groups is 2. The van der Waals surface area contributed by atoms with E-state index in [0.29, 0.717) is 37.9 Å². The monoisotopic (exact) mass is 500 g/mol. The Balaban J connectivity index is 0.000000233. The Morgan fingerprint density at radius 2 is 2.14 bits per heavy atom. The minimum atomic E-state index is -0.0849. The first kappa shape index (κ1) is 26.5. The molecule has 0 saturated carbocycles. The summed E-state index contributed by atoms with van der Waals surface area (Å²) in [6, 6.07) is 8.22. The third-order valence-electron chi connectivity index (χ3n) is 5.20. The molecule has 194 valence electrons. The van der Waals surface area contributed by atoms with Crippen LogP contribution in [0.2, 0.25) is 0 Å². The number of aromatic nitrogens is 5. The van der Waals surface area contributed by atoms with Gasteiger partial charge in [-0.2, -0.15) is 10.1 Å². The topological polar surface area (TPSA) is 152 Å². The molecule has 0 bridgehead atoms. The molecule has 3 N–H and O–H groups in total. The van der Waals surface area contributed by atoms with E-state index in [1.807, 2.05) is 31.2 Å². The van der Waals surface area contributed by atoms with E-state index in [0.717, 1.165) is 18.8 Å². The zero-order valence-corrected chi connectivity index (χ0v) is 20.7. The molecule has 1 aliphatic rings. The van der Waals surface area contributed by atoms with Crippen LogP contribution in [0.15, 0.2) is 36.7 Å². The fraction of sp³-hybridized carbons (Fsp3) is 0.435. The van der Waals surface area contributed by atoms with E-state index in [4.69, 9.17) is 19.9 Å². The molecule has 1 saturated heterocycles. The van der Waals surface area contributed by atoms with Crippen molar-refractivity contribution >= 4 is 24.0 Å². The van der Waals surface area contributed by atoms with E-state index in [1.54, 1.807) is 25.2 Å². The Morgan fingerprint density at radius 1 is 1.36 bits per heavy atom. The summed E-state index contributed by atoms with van der Waals surface area (Å²) in [6.45, 7) is 4.39. The third-order valence-corrected chi connectivity index (χ3v) is 5.20. The van der Waals surface area contributed by atoms with Gasteiger partial charge in [-0.05, 0) is 19.1 Å². The fourth-order valence-electron chi connectivity index (χ4n) is 3.16. The number of rotatable bonds is 10. The minimum Gasteiger partial charge on any atom is -0.492 e. The molecule has 0 unspecified atom stereocenters. The first-order chi connectivity index (χ1) is 17.3. The molecule has 0 spiro atoms. The van der Waals surface area contributed by atoms with Crippen LogP contribution in [0.1, 0.15) is 12.0 Å². The van der Waals surface area contributed by atoms with Gasteiger partial charge in [0.1, 0.15) is 25.0 Å². The standard InChI is InChI=1S/C16H20N4O3.C7H12N4O2/c1-13-3-5-15(6-4-13)23-8-7-19(2)16(22)11-20-10-14(9-18-20)17-12-21;1-11-7(9-6(8)10-11)13-5-2-3-12-4-5/h3-6,9-10,12H,7-8,11H2,1-2H3,(H,17,21);5H,2-4H2,1H3,(H2,8,10)/t;5-/m.1/s1. The van der Waals surface area contributed by atoms with E-state index >= 15 is 0 Å². The van der Waals surface area contributed by atoms with Crippen LogP contribution in [-0.2, 0) is 27.9 Å². The van der Waals surface area contributed by atoms with Crippen LogP contribution in [0.25, 0.3) is 0 Å². The highest BCUT2D eigenvalue weighted by Gasteiger charge is 2.19. The predicted octanol–water partition coefficient (Wildman–Crippen LogP) is 0.862. The molecule has 2 aromatic heterocycles. The van der Waals surface area contributed by atoms with Gasteiger partial charge in [0.05, 0.1) is 31.6 Å². The van der Waals surface area contributed by atoms with E-state index in [1.165, 1.54) is 21.1 Å². The van der Waals surface area contributed by atoms with Gasteiger partial charge in [-0.25, -0.2) is 4.68 Å². The first-order valence-corrected chi connectivity index (χ1v) is 11.4. The zero-order chi connectivity index (χ0) is 25.9. The van der Waals surface area contributed by atoms with Gasteiger partial charge in [-0.1, -0.05) is 17.7 Å². The summed E-state index contributed by atoms with van der Waals surface area (Å²) in [5.41, 5.74) is 7.13. The quantitative estimate of drug-likeness (QED) is 0.386. The number of benzene rings is 1. The van der Waals surface area contributed by atoms with Crippen molar-refractivity contribution in [3.05, 3.63) is 42.2 Å². The van der Waals surface area contributed by atoms with Gasteiger partial charge in [-0.15, -0.1) is 5.10 Å². The summed E-state index contributed by atoms with van der Waals surface area (Å²) in [5.74, 6) is 0.933.